The van der Waals surface area contributed by atoms with Crippen LogP contribution in [0.5, 0.6) is 11.5 Å². The van der Waals surface area contributed by atoms with Crippen molar-refractivity contribution in [3.8, 4) is 11.5 Å². The van der Waals surface area contributed by atoms with Crippen LogP contribution in [0.25, 0.3) is 0 Å². The highest BCUT2D eigenvalue weighted by Crippen LogP contribution is 2.28. The second-order valence-electron chi connectivity index (χ2n) is 4.82. The molecule has 0 saturated carbocycles. The highest BCUT2D eigenvalue weighted by atomic mass is 127. The van der Waals surface area contributed by atoms with Gasteiger partial charge in [-0.1, -0.05) is 6.07 Å². The molecule has 0 unspecified atom stereocenters. The Balaban J connectivity index is 0.00000529. The number of benzene rings is 1. The molecule has 0 aromatic heterocycles. The van der Waals surface area contributed by atoms with Crippen LogP contribution < -0.4 is 20.1 Å². The van der Waals surface area contributed by atoms with Crippen LogP contribution in [0.3, 0.4) is 0 Å². The molecule has 0 bridgehead atoms. The second-order valence-corrected chi connectivity index (χ2v) is 4.82. The van der Waals surface area contributed by atoms with E-state index in [2.05, 4.69) is 21.7 Å². The number of nitrogens with one attached hydrogen (secondary N) is 2. The van der Waals surface area contributed by atoms with Gasteiger partial charge in [-0.2, -0.15) is 0 Å². The summed E-state index contributed by atoms with van der Waals surface area (Å²) < 4.78 is 16.2. The predicted octanol–water partition coefficient (Wildman–Crippen LogP) is 2.46. The van der Waals surface area contributed by atoms with Gasteiger partial charge in [-0.3, -0.25) is 4.99 Å². The first kappa shape index (κ1) is 22.8. The summed E-state index contributed by atoms with van der Waals surface area (Å²) in [5, 5.41) is 6.46. The van der Waals surface area contributed by atoms with Gasteiger partial charge in [-0.15, -0.1) is 24.0 Å². The topological polar surface area (TPSA) is 64.1 Å². The molecule has 24 heavy (non-hydrogen) atoms. The molecule has 0 aliphatic carbocycles. The molecule has 1 aromatic rings. The van der Waals surface area contributed by atoms with Crippen LogP contribution >= 0.6 is 24.0 Å². The Bertz CT molecular complexity index is 484. The van der Waals surface area contributed by atoms with Gasteiger partial charge >= 0.3 is 0 Å². The Morgan fingerprint density at radius 3 is 2.33 bits per heavy atom. The van der Waals surface area contributed by atoms with E-state index in [1.54, 1.807) is 14.2 Å². The third-order valence-corrected chi connectivity index (χ3v) is 3.14. The lowest BCUT2D eigenvalue weighted by atomic mass is 10.1. The molecule has 6 nitrogen and oxygen atoms in total. The van der Waals surface area contributed by atoms with Crippen molar-refractivity contribution in [2.75, 3.05) is 47.1 Å². The van der Waals surface area contributed by atoms with Gasteiger partial charge in [-0.05, 0) is 38.0 Å². The molecule has 7 heteroatoms. The van der Waals surface area contributed by atoms with Crippen LogP contribution in [0.15, 0.2) is 23.2 Å². The summed E-state index contributed by atoms with van der Waals surface area (Å²) in [5.41, 5.74) is 1.19. The van der Waals surface area contributed by atoms with E-state index in [9.17, 15) is 0 Å². The van der Waals surface area contributed by atoms with E-state index >= 15 is 0 Å². The summed E-state index contributed by atoms with van der Waals surface area (Å²) in [5.74, 6) is 2.37. The third kappa shape index (κ3) is 8.58. The second kappa shape index (κ2) is 14.2. The summed E-state index contributed by atoms with van der Waals surface area (Å²) in [7, 11) is 3.44. The van der Waals surface area contributed by atoms with Crippen LogP contribution in [0.4, 0.5) is 0 Å². The quantitative estimate of drug-likeness (QED) is 0.248. The number of methoxy groups -OCH3 is 1. The van der Waals surface area contributed by atoms with Crippen molar-refractivity contribution in [2.24, 2.45) is 4.99 Å². The van der Waals surface area contributed by atoms with E-state index in [1.807, 2.05) is 26.0 Å². The first-order valence-electron chi connectivity index (χ1n) is 8.07. The van der Waals surface area contributed by atoms with Gasteiger partial charge in [0.15, 0.2) is 17.5 Å². The monoisotopic (exact) mass is 451 g/mol. The van der Waals surface area contributed by atoms with Crippen molar-refractivity contribution in [1.82, 2.24) is 10.6 Å². The van der Waals surface area contributed by atoms with E-state index < -0.39 is 0 Å². The van der Waals surface area contributed by atoms with E-state index in [4.69, 9.17) is 14.2 Å². The van der Waals surface area contributed by atoms with Crippen molar-refractivity contribution < 1.29 is 14.2 Å². The summed E-state index contributed by atoms with van der Waals surface area (Å²) in [6.07, 6.45) is 0.872. The van der Waals surface area contributed by atoms with Gasteiger partial charge in [0.25, 0.3) is 0 Å². The van der Waals surface area contributed by atoms with E-state index in [0.717, 1.165) is 37.0 Å². The molecule has 0 atom stereocenters. The molecule has 1 aromatic carbocycles. The van der Waals surface area contributed by atoms with Gasteiger partial charge in [0.2, 0.25) is 0 Å². The smallest absolute Gasteiger partial charge is 0.191 e. The molecule has 0 radical (unpaired) electrons. The van der Waals surface area contributed by atoms with Crippen LogP contribution in [0, 0.1) is 0 Å². The lowest BCUT2D eigenvalue weighted by Gasteiger charge is -2.14. The number of hydrogen-bond acceptors (Lipinski definition) is 4. The predicted molar refractivity (Wildman–Crippen MR) is 109 cm³/mol. The standard InChI is InChI=1S/C17H29N3O3.HI/c1-5-22-15-8-7-14(13-16(15)23-6-2)9-10-19-17(18-3)20-11-12-21-4;/h7-8,13H,5-6,9-12H2,1-4H3,(H2,18,19,20);1H. The van der Waals surface area contributed by atoms with E-state index in [0.29, 0.717) is 19.8 Å². The Morgan fingerprint density at radius 2 is 1.71 bits per heavy atom. The van der Waals surface area contributed by atoms with Gasteiger partial charge < -0.3 is 24.8 Å². The molecule has 0 spiro atoms. The summed E-state index contributed by atoms with van der Waals surface area (Å²) in [4.78, 5) is 4.17. The van der Waals surface area contributed by atoms with Crippen LogP contribution in [-0.4, -0.2) is 53.0 Å². The molecule has 0 aliphatic heterocycles. The zero-order chi connectivity index (χ0) is 16.9. The molecule has 1 rings (SSSR count). The number of halogens is 1. The largest absolute Gasteiger partial charge is 0.490 e. The molecule has 0 heterocycles. The van der Waals surface area contributed by atoms with Crippen molar-refractivity contribution in [3.63, 3.8) is 0 Å². The molecular formula is C17H30IN3O3. The molecule has 0 amide bonds. The Hall–Kier alpha value is -1.22. The average molecular weight is 451 g/mol. The van der Waals surface area contributed by atoms with E-state index in [-0.39, 0.29) is 24.0 Å². The number of aliphatic imine (C=N–C) groups is 1. The Morgan fingerprint density at radius 1 is 1.04 bits per heavy atom. The fraction of sp³-hybridized carbons (Fsp3) is 0.588. The van der Waals surface area contributed by atoms with Gasteiger partial charge in [-0.25, -0.2) is 0 Å². The molecule has 0 aliphatic rings. The molecular weight excluding hydrogens is 421 g/mol. The van der Waals surface area contributed by atoms with Crippen LogP contribution in [0.2, 0.25) is 0 Å². The van der Waals surface area contributed by atoms with Gasteiger partial charge in [0, 0.05) is 27.2 Å². The molecule has 138 valence electrons. The van der Waals surface area contributed by atoms with Crippen LogP contribution in [-0.2, 0) is 11.2 Å². The van der Waals surface area contributed by atoms with Gasteiger partial charge in [0.05, 0.1) is 19.8 Å². The molecule has 2 N–H and O–H groups in total. The third-order valence-electron chi connectivity index (χ3n) is 3.14. The zero-order valence-electron chi connectivity index (χ0n) is 15.1. The summed E-state index contributed by atoms with van der Waals surface area (Å²) in [6, 6.07) is 6.07. The lowest BCUT2D eigenvalue weighted by molar-refractivity contribution is 0.203. The van der Waals surface area contributed by atoms with E-state index in [1.165, 1.54) is 5.56 Å². The molecule has 0 fully saturated rings. The summed E-state index contributed by atoms with van der Waals surface area (Å²) in [6.45, 7) is 7.36. The first-order valence-corrected chi connectivity index (χ1v) is 8.07. The fourth-order valence-electron chi connectivity index (χ4n) is 2.07. The first-order chi connectivity index (χ1) is 11.2. The van der Waals surface area contributed by atoms with Crippen molar-refractivity contribution in [1.29, 1.82) is 0 Å². The SMILES string of the molecule is CCOc1ccc(CCNC(=NC)NCCOC)cc1OCC.I. The normalized spacial score (nSPS) is 10.8. The maximum Gasteiger partial charge on any atom is 0.191 e. The highest BCUT2D eigenvalue weighted by Gasteiger charge is 2.06. The maximum atomic E-state index is 5.65. The lowest BCUT2D eigenvalue weighted by Crippen LogP contribution is -2.39. The van der Waals surface area contributed by atoms with Crippen LogP contribution in [0.1, 0.15) is 19.4 Å². The highest BCUT2D eigenvalue weighted by molar-refractivity contribution is 14.0. The minimum absolute atomic E-state index is 0. The number of hydrogen-bond donors (Lipinski definition) is 2. The minimum Gasteiger partial charge on any atom is -0.490 e. The van der Waals surface area contributed by atoms with Crippen molar-refractivity contribution in [3.05, 3.63) is 23.8 Å². The number of nitrogens with zero attached hydrogens (tertiary/aromatic N) is 1. The zero-order valence-corrected chi connectivity index (χ0v) is 17.4. The number of ether oxygens (including phenoxy) is 3. The van der Waals surface area contributed by atoms with Crippen molar-refractivity contribution in [2.45, 2.75) is 20.3 Å². The van der Waals surface area contributed by atoms with Gasteiger partial charge in [0.1, 0.15) is 0 Å². The number of guanidine groups is 1. The van der Waals surface area contributed by atoms with Crippen molar-refractivity contribution >= 4 is 29.9 Å². The fourth-order valence-corrected chi connectivity index (χ4v) is 2.07. The molecule has 0 saturated heterocycles. The summed E-state index contributed by atoms with van der Waals surface area (Å²) >= 11 is 0. The average Bonchev–Trinajstić information content (AvgIpc) is 2.56. The maximum absolute atomic E-state index is 5.65. The minimum atomic E-state index is 0. The number of rotatable bonds is 10. The Kier molecular flexibility index (Phi) is 13.4. The Labute approximate surface area is 162 Å².